The summed E-state index contributed by atoms with van der Waals surface area (Å²) < 4.78 is 15.3. The number of benzene rings is 1. The van der Waals surface area contributed by atoms with Crippen LogP contribution in [0.2, 0.25) is 0 Å². The fourth-order valence-corrected chi connectivity index (χ4v) is 2.37. The number of aliphatic hydroxyl groups is 1. The van der Waals surface area contributed by atoms with Crippen LogP contribution in [0.15, 0.2) is 49.1 Å². The number of hydrogen-bond donors (Lipinski definition) is 1. The third kappa shape index (κ3) is 2.55. The van der Waals surface area contributed by atoms with Crippen molar-refractivity contribution in [3.63, 3.8) is 0 Å². The van der Waals surface area contributed by atoms with E-state index in [1.54, 1.807) is 19.3 Å². The molecule has 3 rings (SSSR count). The Bertz CT molecular complexity index is 752. The van der Waals surface area contributed by atoms with E-state index in [0.29, 0.717) is 17.1 Å². The zero-order valence-corrected chi connectivity index (χ0v) is 11.5. The molecule has 0 saturated carbocycles. The summed E-state index contributed by atoms with van der Waals surface area (Å²) in [6.45, 7) is 1.55. The van der Waals surface area contributed by atoms with Crippen molar-refractivity contribution in [1.29, 1.82) is 0 Å². The van der Waals surface area contributed by atoms with E-state index in [1.807, 2.05) is 29.1 Å². The number of rotatable bonds is 3. The van der Waals surface area contributed by atoms with Gasteiger partial charge >= 0.3 is 0 Å². The maximum atomic E-state index is 13.4. The molecular weight excluding hydrogens is 269 g/mol. The zero-order chi connectivity index (χ0) is 14.8. The van der Waals surface area contributed by atoms with Gasteiger partial charge in [-0.25, -0.2) is 9.37 Å². The van der Waals surface area contributed by atoms with Gasteiger partial charge in [0.25, 0.3) is 0 Å². The molecule has 3 aromatic rings. The predicted molar refractivity (Wildman–Crippen MR) is 77.4 cm³/mol. The Morgan fingerprint density at radius 1 is 1.14 bits per heavy atom. The third-order valence-electron chi connectivity index (χ3n) is 3.32. The minimum Gasteiger partial charge on any atom is -0.392 e. The number of aliphatic hydroxyl groups excluding tert-OH is 1. The Hall–Kier alpha value is -2.53. The van der Waals surface area contributed by atoms with Gasteiger partial charge in [-0.1, -0.05) is 0 Å². The molecule has 106 valence electrons. The summed E-state index contributed by atoms with van der Waals surface area (Å²) in [6.07, 6.45) is 7.05. The van der Waals surface area contributed by atoms with Crippen LogP contribution < -0.4 is 0 Å². The molecule has 0 atom stereocenters. The summed E-state index contributed by atoms with van der Waals surface area (Å²) in [5.41, 5.74) is 2.58. The van der Waals surface area contributed by atoms with Gasteiger partial charge in [0.15, 0.2) is 5.82 Å². The van der Waals surface area contributed by atoms with Crippen LogP contribution in [0.3, 0.4) is 0 Å². The first-order valence-corrected chi connectivity index (χ1v) is 6.54. The average molecular weight is 283 g/mol. The van der Waals surface area contributed by atoms with Crippen molar-refractivity contribution in [3.05, 3.63) is 66.0 Å². The maximum Gasteiger partial charge on any atom is 0.155 e. The first kappa shape index (κ1) is 13.5. The first-order valence-electron chi connectivity index (χ1n) is 6.54. The smallest absolute Gasteiger partial charge is 0.155 e. The lowest BCUT2D eigenvalue weighted by Gasteiger charge is -2.11. The molecule has 21 heavy (non-hydrogen) atoms. The van der Waals surface area contributed by atoms with Gasteiger partial charge < -0.3 is 9.67 Å². The van der Waals surface area contributed by atoms with Gasteiger partial charge in [0, 0.05) is 18.0 Å². The van der Waals surface area contributed by atoms with Crippen LogP contribution >= 0.6 is 0 Å². The predicted octanol–water partition coefficient (Wildman–Crippen LogP) is 2.87. The molecule has 0 bridgehead atoms. The summed E-state index contributed by atoms with van der Waals surface area (Å²) in [7, 11) is 0. The van der Waals surface area contributed by atoms with Crippen molar-refractivity contribution in [3.8, 4) is 17.1 Å². The maximum absolute atomic E-state index is 13.4. The quantitative estimate of drug-likeness (QED) is 0.804. The Labute approximate surface area is 121 Å². The third-order valence-corrected chi connectivity index (χ3v) is 3.32. The lowest BCUT2D eigenvalue weighted by molar-refractivity contribution is 0.281. The molecule has 0 amide bonds. The SMILES string of the molecule is Cc1cc(F)cc(CO)c1-c1cnc(-n2cccc2)cn1. The molecule has 0 aliphatic rings. The van der Waals surface area contributed by atoms with E-state index in [9.17, 15) is 9.50 Å². The van der Waals surface area contributed by atoms with Gasteiger partial charge in [-0.15, -0.1) is 0 Å². The fourth-order valence-electron chi connectivity index (χ4n) is 2.37. The number of halogens is 1. The van der Waals surface area contributed by atoms with E-state index in [4.69, 9.17) is 0 Å². The lowest BCUT2D eigenvalue weighted by Crippen LogP contribution is -2.00. The molecule has 2 aromatic heterocycles. The topological polar surface area (TPSA) is 50.9 Å². The molecule has 0 radical (unpaired) electrons. The first-order chi connectivity index (χ1) is 10.2. The van der Waals surface area contributed by atoms with Crippen molar-refractivity contribution in [2.45, 2.75) is 13.5 Å². The molecule has 2 heterocycles. The summed E-state index contributed by atoms with van der Waals surface area (Å²) >= 11 is 0. The number of nitrogens with zero attached hydrogens (tertiary/aromatic N) is 3. The van der Waals surface area contributed by atoms with Gasteiger partial charge in [-0.3, -0.25) is 4.98 Å². The molecule has 1 N–H and O–H groups in total. The van der Waals surface area contributed by atoms with E-state index < -0.39 is 0 Å². The van der Waals surface area contributed by atoms with E-state index >= 15 is 0 Å². The highest BCUT2D eigenvalue weighted by molar-refractivity contribution is 5.67. The minimum atomic E-state index is -0.364. The van der Waals surface area contributed by atoms with Crippen molar-refractivity contribution in [2.24, 2.45) is 0 Å². The zero-order valence-electron chi connectivity index (χ0n) is 11.5. The standard InChI is InChI=1S/C16H14FN3O/c1-11-6-13(17)7-12(10-21)16(11)14-8-19-15(9-18-14)20-4-2-3-5-20/h2-9,21H,10H2,1H3. The molecule has 0 unspecified atom stereocenters. The van der Waals surface area contributed by atoms with Gasteiger partial charge in [-0.05, 0) is 42.3 Å². The van der Waals surface area contributed by atoms with Crippen molar-refractivity contribution in [2.75, 3.05) is 0 Å². The number of aryl methyl sites for hydroxylation is 1. The summed E-state index contributed by atoms with van der Waals surface area (Å²) in [4.78, 5) is 8.75. The molecule has 5 heteroatoms. The molecule has 0 aliphatic heterocycles. The molecular formula is C16H14FN3O. The second kappa shape index (κ2) is 5.46. The van der Waals surface area contributed by atoms with Crippen LogP contribution in [0.1, 0.15) is 11.1 Å². The number of hydrogen-bond acceptors (Lipinski definition) is 3. The van der Waals surface area contributed by atoms with Gasteiger partial charge in [0.2, 0.25) is 0 Å². The normalized spacial score (nSPS) is 10.8. The van der Waals surface area contributed by atoms with Crippen molar-refractivity contribution in [1.82, 2.24) is 14.5 Å². The molecule has 4 nitrogen and oxygen atoms in total. The second-order valence-corrected chi connectivity index (χ2v) is 4.77. The highest BCUT2D eigenvalue weighted by Gasteiger charge is 2.12. The molecule has 0 aliphatic carbocycles. The van der Waals surface area contributed by atoms with Crippen LogP contribution in [0.4, 0.5) is 4.39 Å². The van der Waals surface area contributed by atoms with E-state index in [1.165, 1.54) is 12.1 Å². The Kier molecular flexibility index (Phi) is 3.50. The lowest BCUT2D eigenvalue weighted by atomic mass is 9.99. The Balaban J connectivity index is 2.05. The van der Waals surface area contributed by atoms with Crippen molar-refractivity contribution >= 4 is 0 Å². The van der Waals surface area contributed by atoms with Gasteiger partial charge in [0.05, 0.1) is 24.7 Å². The largest absolute Gasteiger partial charge is 0.392 e. The summed E-state index contributed by atoms with van der Waals surface area (Å²) in [5, 5.41) is 9.41. The molecule has 0 fully saturated rings. The summed E-state index contributed by atoms with van der Waals surface area (Å²) in [5.74, 6) is 0.339. The molecule has 0 saturated heterocycles. The highest BCUT2D eigenvalue weighted by Crippen LogP contribution is 2.27. The second-order valence-electron chi connectivity index (χ2n) is 4.77. The van der Waals surface area contributed by atoms with E-state index in [-0.39, 0.29) is 12.4 Å². The highest BCUT2D eigenvalue weighted by atomic mass is 19.1. The van der Waals surface area contributed by atoms with Gasteiger partial charge in [-0.2, -0.15) is 0 Å². The summed E-state index contributed by atoms with van der Waals surface area (Å²) in [6, 6.07) is 6.56. The van der Waals surface area contributed by atoms with Crippen molar-refractivity contribution < 1.29 is 9.50 Å². The van der Waals surface area contributed by atoms with Crippen LogP contribution in [0, 0.1) is 12.7 Å². The van der Waals surface area contributed by atoms with Crippen LogP contribution in [0.5, 0.6) is 0 Å². The van der Waals surface area contributed by atoms with E-state index in [2.05, 4.69) is 9.97 Å². The monoisotopic (exact) mass is 283 g/mol. The number of aromatic nitrogens is 3. The molecule has 0 spiro atoms. The van der Waals surface area contributed by atoms with E-state index in [0.717, 1.165) is 11.1 Å². The minimum absolute atomic E-state index is 0.241. The Morgan fingerprint density at radius 3 is 2.52 bits per heavy atom. The van der Waals surface area contributed by atoms with Crippen LogP contribution in [-0.2, 0) is 6.61 Å². The fraction of sp³-hybridized carbons (Fsp3) is 0.125. The van der Waals surface area contributed by atoms with Gasteiger partial charge in [0.1, 0.15) is 5.82 Å². The van der Waals surface area contributed by atoms with Crippen LogP contribution in [0.25, 0.3) is 17.1 Å². The Morgan fingerprint density at radius 2 is 1.90 bits per heavy atom. The molecule has 1 aromatic carbocycles. The van der Waals surface area contributed by atoms with Crippen LogP contribution in [-0.4, -0.2) is 19.6 Å². The average Bonchev–Trinajstić information content (AvgIpc) is 3.01.